The van der Waals surface area contributed by atoms with E-state index in [1.165, 1.54) is 0 Å². The Morgan fingerprint density at radius 2 is 1.50 bits per heavy atom. The number of anilines is 1. The number of aliphatic hydroxyl groups is 1. The minimum Gasteiger partial charge on any atom is -0.388 e. The van der Waals surface area contributed by atoms with Crippen LogP contribution in [0.4, 0.5) is 5.69 Å². The van der Waals surface area contributed by atoms with Crippen molar-refractivity contribution < 1.29 is 5.11 Å². The second-order valence-corrected chi connectivity index (χ2v) is 7.77. The second kappa shape index (κ2) is 8.92. The Hall–Kier alpha value is -1.52. The third-order valence-electron chi connectivity index (χ3n) is 4.17. The lowest BCUT2D eigenvalue weighted by Crippen LogP contribution is -2.15. The van der Waals surface area contributed by atoms with Crippen molar-refractivity contribution in [2.24, 2.45) is 0 Å². The van der Waals surface area contributed by atoms with Crippen LogP contribution < -0.4 is 5.32 Å². The molecule has 0 spiro atoms. The predicted molar refractivity (Wildman–Crippen MR) is 113 cm³/mol. The summed E-state index contributed by atoms with van der Waals surface area (Å²) in [4.78, 5) is 0. The van der Waals surface area contributed by atoms with Gasteiger partial charge in [0.05, 0.1) is 22.2 Å². The molecule has 0 bridgehead atoms. The van der Waals surface area contributed by atoms with E-state index in [2.05, 4.69) is 21.2 Å². The Labute approximate surface area is 171 Å². The number of para-hydroxylation sites is 1. The molecule has 0 heterocycles. The van der Waals surface area contributed by atoms with Gasteiger partial charge in [0.25, 0.3) is 0 Å². The second-order valence-electron chi connectivity index (χ2n) is 6.04. The van der Waals surface area contributed by atoms with E-state index < -0.39 is 6.10 Å². The van der Waals surface area contributed by atoms with Crippen molar-refractivity contribution in [3.63, 3.8) is 0 Å². The SMILES string of the molecule is OC(CC(Nc1ccccc1)c1ccc(Cl)c(Cl)c1)c1ccc(Br)cc1. The quantitative estimate of drug-likeness (QED) is 0.422. The van der Waals surface area contributed by atoms with Gasteiger partial charge in [-0.3, -0.25) is 0 Å². The van der Waals surface area contributed by atoms with E-state index in [0.29, 0.717) is 16.5 Å². The fourth-order valence-electron chi connectivity index (χ4n) is 2.79. The topological polar surface area (TPSA) is 32.3 Å². The summed E-state index contributed by atoms with van der Waals surface area (Å²) in [7, 11) is 0. The molecule has 26 heavy (non-hydrogen) atoms. The third kappa shape index (κ3) is 5.01. The molecule has 0 fully saturated rings. The van der Waals surface area contributed by atoms with Gasteiger partial charge in [-0.25, -0.2) is 0 Å². The Balaban J connectivity index is 1.86. The van der Waals surface area contributed by atoms with Crippen molar-refractivity contribution in [1.82, 2.24) is 0 Å². The molecular weight excluding hydrogens is 433 g/mol. The Bertz CT molecular complexity index is 856. The largest absolute Gasteiger partial charge is 0.388 e. The van der Waals surface area contributed by atoms with Crippen molar-refractivity contribution in [3.05, 3.63) is 98.4 Å². The maximum Gasteiger partial charge on any atom is 0.0813 e. The lowest BCUT2D eigenvalue weighted by Gasteiger charge is -2.24. The van der Waals surface area contributed by atoms with E-state index in [1.54, 1.807) is 6.07 Å². The van der Waals surface area contributed by atoms with E-state index in [-0.39, 0.29) is 6.04 Å². The van der Waals surface area contributed by atoms with Crippen molar-refractivity contribution in [2.75, 3.05) is 5.32 Å². The highest BCUT2D eigenvalue weighted by atomic mass is 79.9. The zero-order valence-electron chi connectivity index (χ0n) is 13.9. The molecule has 0 saturated carbocycles. The summed E-state index contributed by atoms with van der Waals surface area (Å²) in [5, 5.41) is 15.2. The summed E-state index contributed by atoms with van der Waals surface area (Å²) in [5.74, 6) is 0. The molecule has 0 radical (unpaired) electrons. The smallest absolute Gasteiger partial charge is 0.0813 e. The molecule has 2 nitrogen and oxygen atoms in total. The number of hydrogen-bond acceptors (Lipinski definition) is 2. The zero-order valence-corrected chi connectivity index (χ0v) is 17.0. The van der Waals surface area contributed by atoms with Crippen molar-refractivity contribution in [1.29, 1.82) is 0 Å². The van der Waals surface area contributed by atoms with E-state index in [4.69, 9.17) is 23.2 Å². The molecule has 0 amide bonds. The summed E-state index contributed by atoms with van der Waals surface area (Å²) in [6.07, 6.45) is -0.118. The van der Waals surface area contributed by atoms with Crippen LogP contribution in [0.1, 0.15) is 29.7 Å². The van der Waals surface area contributed by atoms with Crippen molar-refractivity contribution >= 4 is 44.8 Å². The van der Waals surface area contributed by atoms with E-state index in [9.17, 15) is 5.11 Å². The van der Waals surface area contributed by atoms with Gasteiger partial charge in [0, 0.05) is 16.6 Å². The van der Waals surface area contributed by atoms with Gasteiger partial charge in [0.1, 0.15) is 0 Å². The highest BCUT2D eigenvalue weighted by Crippen LogP contribution is 2.33. The highest BCUT2D eigenvalue weighted by molar-refractivity contribution is 9.10. The monoisotopic (exact) mass is 449 g/mol. The number of benzene rings is 3. The van der Waals surface area contributed by atoms with Gasteiger partial charge >= 0.3 is 0 Å². The van der Waals surface area contributed by atoms with Crippen LogP contribution in [0.3, 0.4) is 0 Å². The lowest BCUT2D eigenvalue weighted by atomic mass is 9.96. The summed E-state index contributed by atoms with van der Waals surface area (Å²) in [6, 6.07) is 23.0. The molecule has 2 N–H and O–H groups in total. The minimum absolute atomic E-state index is 0.120. The average Bonchev–Trinajstić information content (AvgIpc) is 2.65. The molecule has 0 aliphatic heterocycles. The van der Waals surface area contributed by atoms with E-state index in [0.717, 1.165) is 21.3 Å². The summed E-state index contributed by atoms with van der Waals surface area (Å²) in [5.41, 5.74) is 2.82. The van der Waals surface area contributed by atoms with Crippen LogP contribution in [0, 0.1) is 0 Å². The summed E-state index contributed by atoms with van der Waals surface area (Å²) in [6.45, 7) is 0. The molecule has 2 atom stereocenters. The average molecular weight is 451 g/mol. The first-order valence-electron chi connectivity index (χ1n) is 8.23. The molecule has 5 heteroatoms. The maximum atomic E-state index is 10.7. The number of hydrogen-bond donors (Lipinski definition) is 2. The molecule has 3 rings (SSSR count). The Kier molecular flexibility index (Phi) is 6.60. The summed E-state index contributed by atoms with van der Waals surface area (Å²) < 4.78 is 0.983. The van der Waals surface area contributed by atoms with Crippen LogP contribution in [0.5, 0.6) is 0 Å². The first-order chi connectivity index (χ1) is 12.5. The molecule has 3 aromatic carbocycles. The lowest BCUT2D eigenvalue weighted by molar-refractivity contribution is 0.160. The first-order valence-corrected chi connectivity index (χ1v) is 9.78. The van der Waals surface area contributed by atoms with Gasteiger partial charge in [-0.15, -0.1) is 0 Å². The van der Waals surface area contributed by atoms with Crippen molar-refractivity contribution in [2.45, 2.75) is 18.6 Å². The van der Waals surface area contributed by atoms with Crippen LogP contribution in [-0.2, 0) is 0 Å². The van der Waals surface area contributed by atoms with Crippen LogP contribution in [0.15, 0.2) is 77.3 Å². The van der Waals surface area contributed by atoms with Crippen LogP contribution in [-0.4, -0.2) is 5.11 Å². The van der Waals surface area contributed by atoms with Crippen LogP contribution in [0.2, 0.25) is 10.0 Å². The number of nitrogens with one attached hydrogen (secondary N) is 1. The van der Waals surface area contributed by atoms with E-state index >= 15 is 0 Å². The van der Waals surface area contributed by atoms with Gasteiger partial charge < -0.3 is 10.4 Å². The molecule has 0 saturated heterocycles. The van der Waals surface area contributed by atoms with Crippen LogP contribution >= 0.6 is 39.1 Å². The molecular formula is C21H18BrCl2NO. The van der Waals surface area contributed by atoms with Crippen LogP contribution in [0.25, 0.3) is 0 Å². The number of aliphatic hydroxyl groups excluding tert-OH is 1. The number of rotatable bonds is 6. The fraction of sp³-hybridized carbons (Fsp3) is 0.143. The van der Waals surface area contributed by atoms with E-state index in [1.807, 2.05) is 66.7 Å². The normalized spacial score (nSPS) is 13.2. The molecule has 0 aliphatic carbocycles. The third-order valence-corrected chi connectivity index (χ3v) is 5.44. The Morgan fingerprint density at radius 3 is 2.15 bits per heavy atom. The molecule has 2 unspecified atom stereocenters. The van der Waals surface area contributed by atoms with Gasteiger partial charge in [-0.1, -0.05) is 75.5 Å². The standard InChI is InChI=1S/C21H18BrCl2NO/c22-16-9-6-14(7-10-16)21(26)13-20(25-17-4-2-1-3-5-17)15-8-11-18(23)19(24)12-15/h1-12,20-21,25-26H,13H2. The summed E-state index contributed by atoms with van der Waals surface area (Å²) >= 11 is 15.7. The molecule has 134 valence electrons. The zero-order chi connectivity index (χ0) is 18.5. The predicted octanol–water partition coefficient (Wildman–Crippen LogP) is 7.03. The molecule has 0 aliphatic rings. The Morgan fingerprint density at radius 1 is 0.846 bits per heavy atom. The number of halogens is 3. The fourth-order valence-corrected chi connectivity index (χ4v) is 3.36. The molecule has 0 aromatic heterocycles. The van der Waals surface area contributed by atoms with Gasteiger partial charge in [-0.2, -0.15) is 0 Å². The first kappa shape index (κ1) is 19.2. The molecule has 3 aromatic rings. The minimum atomic E-state index is -0.612. The van der Waals surface area contributed by atoms with Gasteiger partial charge in [0.2, 0.25) is 0 Å². The van der Waals surface area contributed by atoms with Gasteiger partial charge in [0.15, 0.2) is 0 Å². The highest BCUT2D eigenvalue weighted by Gasteiger charge is 2.19. The van der Waals surface area contributed by atoms with Crippen molar-refractivity contribution in [3.8, 4) is 0 Å². The van der Waals surface area contributed by atoms with Gasteiger partial charge in [-0.05, 0) is 47.5 Å². The maximum absolute atomic E-state index is 10.7.